The normalized spacial score (nSPS) is 19.8. The van der Waals surface area contributed by atoms with Crippen LogP contribution in [0.5, 0.6) is 0 Å². The zero-order valence-corrected chi connectivity index (χ0v) is 12.4. The molecule has 0 unspecified atom stereocenters. The lowest BCUT2D eigenvalue weighted by Gasteiger charge is -2.18. The average Bonchev–Trinajstić information content (AvgIpc) is 3.02. The molecule has 1 aromatic heterocycles. The first-order valence-electron chi connectivity index (χ1n) is 7.24. The van der Waals surface area contributed by atoms with Crippen LogP contribution in [-0.2, 0) is 13.0 Å². The lowest BCUT2D eigenvalue weighted by atomic mass is 10.1. The highest BCUT2D eigenvalue weighted by atomic mass is 19.4. The smallest absolute Gasteiger partial charge is 0.390 e. The standard InChI is InChI=1S/C15H15F3N4O2/c16-15(17,18)8-22-7-10(6-19-22)20-14(24)21-13-11-4-2-1-3-9(11)5-12(13)23/h1-4,6-7,12-13,23H,5,8H2,(H2,20,21,24)/t12-,13+/m1/s1. The second-order valence-electron chi connectivity index (χ2n) is 5.59. The number of amides is 2. The van der Waals surface area contributed by atoms with Gasteiger partial charge in [0.05, 0.1) is 24.0 Å². The van der Waals surface area contributed by atoms with Gasteiger partial charge in [0.25, 0.3) is 0 Å². The zero-order chi connectivity index (χ0) is 17.3. The van der Waals surface area contributed by atoms with Gasteiger partial charge in [-0.2, -0.15) is 18.3 Å². The number of carbonyl (C=O) groups excluding carboxylic acids is 1. The number of hydrogen-bond acceptors (Lipinski definition) is 3. The van der Waals surface area contributed by atoms with Crippen molar-refractivity contribution in [2.75, 3.05) is 5.32 Å². The highest BCUT2D eigenvalue weighted by Crippen LogP contribution is 2.31. The number of nitrogens with one attached hydrogen (secondary N) is 2. The van der Waals surface area contributed by atoms with Crippen LogP contribution in [0.25, 0.3) is 0 Å². The van der Waals surface area contributed by atoms with E-state index in [-0.39, 0.29) is 5.69 Å². The molecule has 2 aromatic rings. The molecule has 0 spiro atoms. The minimum absolute atomic E-state index is 0.137. The van der Waals surface area contributed by atoms with Gasteiger partial charge in [-0.25, -0.2) is 4.79 Å². The van der Waals surface area contributed by atoms with Gasteiger partial charge in [0.2, 0.25) is 0 Å². The first-order chi connectivity index (χ1) is 11.3. The molecule has 1 aliphatic rings. The molecule has 2 atom stereocenters. The molecular formula is C15H15F3N4O2. The minimum atomic E-state index is -4.39. The first-order valence-corrected chi connectivity index (χ1v) is 7.24. The molecule has 9 heteroatoms. The van der Waals surface area contributed by atoms with Gasteiger partial charge in [0.15, 0.2) is 0 Å². The third kappa shape index (κ3) is 3.67. The second kappa shape index (κ2) is 6.16. The van der Waals surface area contributed by atoms with Crippen LogP contribution in [0.15, 0.2) is 36.7 Å². The maximum Gasteiger partial charge on any atom is 0.408 e. The molecule has 0 radical (unpaired) electrons. The van der Waals surface area contributed by atoms with Crippen LogP contribution in [0.2, 0.25) is 0 Å². The molecule has 24 heavy (non-hydrogen) atoms. The van der Waals surface area contributed by atoms with Crippen molar-refractivity contribution in [3.8, 4) is 0 Å². The number of carbonyl (C=O) groups is 1. The van der Waals surface area contributed by atoms with Gasteiger partial charge in [-0.05, 0) is 11.1 Å². The predicted molar refractivity (Wildman–Crippen MR) is 79.3 cm³/mol. The largest absolute Gasteiger partial charge is 0.408 e. The summed E-state index contributed by atoms with van der Waals surface area (Å²) in [6, 6.07) is 6.17. The molecule has 2 amide bonds. The lowest BCUT2D eigenvalue weighted by Crippen LogP contribution is -2.36. The van der Waals surface area contributed by atoms with E-state index in [0.29, 0.717) is 11.1 Å². The molecule has 128 valence electrons. The highest BCUT2D eigenvalue weighted by Gasteiger charge is 2.32. The molecule has 0 bridgehead atoms. The number of nitrogens with zero attached hydrogens (tertiary/aromatic N) is 2. The number of aromatic nitrogens is 2. The highest BCUT2D eigenvalue weighted by molar-refractivity contribution is 5.89. The lowest BCUT2D eigenvalue weighted by molar-refractivity contribution is -0.142. The van der Waals surface area contributed by atoms with Crippen LogP contribution in [0.4, 0.5) is 23.7 Å². The molecule has 0 aliphatic heterocycles. The van der Waals surface area contributed by atoms with Crippen molar-refractivity contribution in [3.05, 3.63) is 47.8 Å². The minimum Gasteiger partial charge on any atom is -0.390 e. The Labute approximate surface area is 135 Å². The fourth-order valence-corrected chi connectivity index (χ4v) is 2.75. The Morgan fingerprint density at radius 2 is 2.12 bits per heavy atom. The van der Waals surface area contributed by atoms with E-state index >= 15 is 0 Å². The molecule has 0 fully saturated rings. The summed E-state index contributed by atoms with van der Waals surface area (Å²) in [5.41, 5.74) is 1.92. The van der Waals surface area contributed by atoms with Gasteiger partial charge in [-0.1, -0.05) is 24.3 Å². The van der Waals surface area contributed by atoms with Gasteiger partial charge in [0, 0.05) is 12.6 Å². The Kier molecular flexibility index (Phi) is 4.18. The molecule has 1 aromatic carbocycles. The first kappa shape index (κ1) is 16.3. The quantitative estimate of drug-likeness (QED) is 0.802. The predicted octanol–water partition coefficient (Wildman–Crippen LogP) is 2.23. The summed E-state index contributed by atoms with van der Waals surface area (Å²) in [7, 11) is 0. The number of fused-ring (bicyclic) bond motifs is 1. The van der Waals surface area contributed by atoms with Crippen molar-refractivity contribution in [1.29, 1.82) is 0 Å². The van der Waals surface area contributed by atoms with Crippen molar-refractivity contribution < 1.29 is 23.1 Å². The Morgan fingerprint density at radius 3 is 2.88 bits per heavy atom. The fraction of sp³-hybridized carbons (Fsp3) is 0.333. The van der Waals surface area contributed by atoms with Crippen molar-refractivity contribution in [2.45, 2.75) is 31.3 Å². The maximum absolute atomic E-state index is 12.3. The Balaban J connectivity index is 1.62. The molecule has 1 aliphatic carbocycles. The van der Waals surface area contributed by atoms with Crippen LogP contribution < -0.4 is 10.6 Å². The van der Waals surface area contributed by atoms with E-state index in [4.69, 9.17) is 0 Å². The summed E-state index contributed by atoms with van der Waals surface area (Å²) in [5.74, 6) is 0. The topological polar surface area (TPSA) is 79.2 Å². The number of benzene rings is 1. The Hall–Kier alpha value is -2.55. The third-order valence-corrected chi connectivity index (χ3v) is 3.72. The Bertz CT molecular complexity index is 744. The number of anilines is 1. The number of alkyl halides is 3. The van der Waals surface area contributed by atoms with E-state index in [0.717, 1.165) is 23.5 Å². The number of urea groups is 1. The van der Waals surface area contributed by atoms with Gasteiger partial charge in [0.1, 0.15) is 6.54 Å². The number of rotatable bonds is 3. The van der Waals surface area contributed by atoms with E-state index in [2.05, 4.69) is 15.7 Å². The van der Waals surface area contributed by atoms with E-state index in [1.54, 1.807) is 0 Å². The van der Waals surface area contributed by atoms with Crippen molar-refractivity contribution in [2.24, 2.45) is 0 Å². The van der Waals surface area contributed by atoms with Gasteiger partial charge >= 0.3 is 12.2 Å². The second-order valence-corrected chi connectivity index (χ2v) is 5.59. The third-order valence-electron chi connectivity index (χ3n) is 3.72. The van der Waals surface area contributed by atoms with E-state index in [9.17, 15) is 23.1 Å². The van der Waals surface area contributed by atoms with Gasteiger partial charge in [-0.15, -0.1) is 0 Å². The monoisotopic (exact) mass is 340 g/mol. The average molecular weight is 340 g/mol. The SMILES string of the molecule is O=C(Nc1cnn(CC(F)(F)F)c1)N[C@H]1c2ccccc2C[C@H]1O. The van der Waals surface area contributed by atoms with E-state index in [1.165, 1.54) is 0 Å². The summed E-state index contributed by atoms with van der Waals surface area (Å²) in [5, 5.41) is 18.7. The summed E-state index contributed by atoms with van der Waals surface area (Å²) < 4.78 is 37.5. The molecule has 3 rings (SSSR count). The summed E-state index contributed by atoms with van der Waals surface area (Å²) in [6.07, 6.45) is -2.48. The fourth-order valence-electron chi connectivity index (χ4n) is 2.75. The number of aliphatic hydroxyl groups excluding tert-OH is 1. The van der Waals surface area contributed by atoms with Gasteiger partial charge < -0.3 is 15.7 Å². The molecule has 0 saturated carbocycles. The van der Waals surface area contributed by atoms with Crippen LogP contribution >= 0.6 is 0 Å². The van der Waals surface area contributed by atoms with Crippen LogP contribution in [-0.4, -0.2) is 33.2 Å². The van der Waals surface area contributed by atoms with Crippen LogP contribution in [0, 0.1) is 0 Å². The summed E-state index contributed by atoms with van der Waals surface area (Å²) in [4.78, 5) is 12.0. The van der Waals surface area contributed by atoms with Crippen molar-refractivity contribution in [1.82, 2.24) is 15.1 Å². The molecule has 6 nitrogen and oxygen atoms in total. The molecule has 0 saturated heterocycles. The van der Waals surface area contributed by atoms with E-state index < -0.39 is 30.9 Å². The van der Waals surface area contributed by atoms with Crippen LogP contribution in [0.1, 0.15) is 17.2 Å². The Morgan fingerprint density at radius 1 is 1.38 bits per heavy atom. The van der Waals surface area contributed by atoms with Crippen molar-refractivity contribution >= 4 is 11.7 Å². The van der Waals surface area contributed by atoms with Gasteiger partial charge in [-0.3, -0.25) is 4.68 Å². The number of hydrogen-bond donors (Lipinski definition) is 3. The number of halogens is 3. The summed E-state index contributed by atoms with van der Waals surface area (Å²) >= 11 is 0. The maximum atomic E-state index is 12.3. The van der Waals surface area contributed by atoms with Crippen LogP contribution in [0.3, 0.4) is 0 Å². The molecular weight excluding hydrogens is 325 g/mol. The number of aliphatic hydroxyl groups is 1. The van der Waals surface area contributed by atoms with Crippen molar-refractivity contribution in [3.63, 3.8) is 0 Å². The zero-order valence-electron chi connectivity index (χ0n) is 12.4. The van der Waals surface area contributed by atoms with E-state index in [1.807, 2.05) is 24.3 Å². The molecule has 3 N–H and O–H groups in total. The summed E-state index contributed by atoms with van der Waals surface area (Å²) in [6.45, 7) is -1.23. The molecule has 1 heterocycles.